The Balaban J connectivity index is 1.58. The van der Waals surface area contributed by atoms with Gasteiger partial charge in [0, 0.05) is 16.5 Å². The van der Waals surface area contributed by atoms with Gasteiger partial charge in [-0.15, -0.1) is 11.3 Å². The van der Waals surface area contributed by atoms with Crippen LogP contribution < -0.4 is 14.5 Å². The van der Waals surface area contributed by atoms with Crippen molar-refractivity contribution in [2.45, 2.75) is 24.7 Å². The van der Waals surface area contributed by atoms with Crippen LogP contribution in [0.2, 0.25) is 0 Å². The van der Waals surface area contributed by atoms with Crippen molar-refractivity contribution in [3.8, 4) is 22.8 Å². The molecule has 0 unspecified atom stereocenters. The number of aliphatic hydroxyl groups is 1. The summed E-state index contributed by atoms with van der Waals surface area (Å²) in [7, 11) is 3.08. The summed E-state index contributed by atoms with van der Waals surface area (Å²) in [5.41, 5.74) is -0.342. The van der Waals surface area contributed by atoms with Crippen molar-refractivity contribution in [2.24, 2.45) is 11.0 Å². The van der Waals surface area contributed by atoms with Crippen LogP contribution in [-0.2, 0) is 6.42 Å². The fraction of sp³-hybridized carbons (Fsp3) is 0.304. The summed E-state index contributed by atoms with van der Waals surface area (Å²) in [6.07, 6.45) is -4.47. The van der Waals surface area contributed by atoms with Gasteiger partial charge in [-0.2, -0.15) is 23.3 Å². The van der Waals surface area contributed by atoms with Crippen LogP contribution in [0.3, 0.4) is 0 Å². The summed E-state index contributed by atoms with van der Waals surface area (Å²) in [5, 5.41) is 17.7. The number of methoxy groups -OCH3 is 2. The second kappa shape index (κ2) is 7.74. The van der Waals surface area contributed by atoms with E-state index in [9.17, 15) is 18.3 Å². The Hall–Kier alpha value is -3.11. The second-order valence-corrected chi connectivity index (χ2v) is 8.72. The van der Waals surface area contributed by atoms with Gasteiger partial charge in [0.05, 0.1) is 31.5 Å². The monoisotopic (exact) mass is 475 g/mol. The molecule has 172 valence electrons. The molecule has 0 amide bonds. The van der Waals surface area contributed by atoms with E-state index in [0.29, 0.717) is 34.2 Å². The maximum atomic E-state index is 14.3. The van der Waals surface area contributed by atoms with Gasteiger partial charge in [0.15, 0.2) is 0 Å². The molecule has 1 aromatic heterocycles. The number of aryl methyl sites for hydroxylation is 1. The molecule has 5 rings (SSSR count). The summed E-state index contributed by atoms with van der Waals surface area (Å²) >= 11 is 0.999. The van der Waals surface area contributed by atoms with E-state index in [1.807, 2.05) is 0 Å². The molecule has 1 aliphatic carbocycles. The van der Waals surface area contributed by atoms with E-state index in [2.05, 4.69) is 10.1 Å². The Labute approximate surface area is 191 Å². The Kier molecular flexibility index (Phi) is 5.09. The van der Waals surface area contributed by atoms with Gasteiger partial charge in [-0.3, -0.25) is 0 Å². The number of hydrogen-bond acceptors (Lipinski definition) is 7. The summed E-state index contributed by atoms with van der Waals surface area (Å²) in [6.45, 7) is 0. The lowest BCUT2D eigenvalue weighted by Gasteiger charge is -2.38. The van der Waals surface area contributed by atoms with Crippen molar-refractivity contribution >= 4 is 22.2 Å². The highest BCUT2D eigenvalue weighted by atomic mass is 32.1. The quantitative estimate of drug-likeness (QED) is 0.584. The fourth-order valence-corrected chi connectivity index (χ4v) is 5.22. The Morgan fingerprint density at radius 3 is 2.45 bits per heavy atom. The van der Waals surface area contributed by atoms with Crippen molar-refractivity contribution in [3.63, 3.8) is 0 Å². The summed E-state index contributed by atoms with van der Waals surface area (Å²) in [4.78, 5) is 4.38. The number of ether oxygens (including phenoxy) is 2. The minimum Gasteiger partial charge on any atom is -0.497 e. The number of anilines is 1. The zero-order chi connectivity index (χ0) is 23.4. The predicted molar refractivity (Wildman–Crippen MR) is 119 cm³/mol. The summed E-state index contributed by atoms with van der Waals surface area (Å²) in [6, 6.07) is 12.2. The van der Waals surface area contributed by atoms with Crippen molar-refractivity contribution in [2.75, 3.05) is 19.2 Å². The lowest BCUT2D eigenvalue weighted by Crippen LogP contribution is -2.60. The molecule has 0 saturated carbocycles. The maximum Gasteiger partial charge on any atom is 0.439 e. The Morgan fingerprint density at radius 2 is 1.79 bits per heavy atom. The van der Waals surface area contributed by atoms with Crippen LogP contribution in [0.5, 0.6) is 11.5 Å². The molecule has 0 fully saturated rings. The van der Waals surface area contributed by atoms with Crippen molar-refractivity contribution in [1.82, 2.24) is 4.98 Å². The third-order valence-corrected chi connectivity index (χ3v) is 6.93. The molecule has 10 heteroatoms. The van der Waals surface area contributed by atoms with Crippen LogP contribution in [0.1, 0.15) is 17.5 Å². The van der Waals surface area contributed by atoms with Crippen molar-refractivity contribution in [3.05, 3.63) is 59.0 Å². The van der Waals surface area contributed by atoms with Gasteiger partial charge in [0.2, 0.25) is 5.13 Å². The van der Waals surface area contributed by atoms with Crippen molar-refractivity contribution in [1.29, 1.82) is 0 Å². The predicted octanol–water partition coefficient (Wildman–Crippen LogP) is 4.86. The zero-order valence-corrected chi connectivity index (χ0v) is 18.6. The maximum absolute atomic E-state index is 14.3. The van der Waals surface area contributed by atoms with E-state index >= 15 is 0 Å². The molecular formula is C23H20F3N3O3S. The number of halogens is 3. The highest BCUT2D eigenvalue weighted by Gasteiger charge is 2.68. The van der Waals surface area contributed by atoms with Gasteiger partial charge in [0.25, 0.3) is 5.72 Å². The van der Waals surface area contributed by atoms with Crippen LogP contribution in [0.15, 0.2) is 52.9 Å². The van der Waals surface area contributed by atoms with E-state index in [-0.39, 0.29) is 17.3 Å². The van der Waals surface area contributed by atoms with Crippen LogP contribution >= 0.6 is 11.3 Å². The molecule has 6 nitrogen and oxygen atoms in total. The molecule has 33 heavy (non-hydrogen) atoms. The number of rotatable bonds is 4. The molecule has 0 saturated heterocycles. The molecule has 2 atom stereocenters. The molecule has 0 radical (unpaired) electrons. The number of hydrazone groups is 1. The smallest absolute Gasteiger partial charge is 0.439 e. The minimum atomic E-state index is -4.95. The first-order valence-electron chi connectivity index (χ1n) is 10.2. The number of fused-ring (bicyclic) bond motifs is 3. The standard InChI is InChI=1S/C23H20F3N3O3S/c1-31-15-6-3-13(4-7-15)19-12-33-21(27-19)29-22(30,23(24,25)26)18-10-5-14-11-16(32-2)8-9-17(14)20(18)28-29/h3-4,6-9,11-12,18,30H,5,10H2,1-2H3/t18-,22-/m0/s1. The van der Waals surface area contributed by atoms with E-state index in [1.54, 1.807) is 55.0 Å². The molecule has 0 spiro atoms. The van der Waals surface area contributed by atoms with Crippen molar-refractivity contribution < 1.29 is 27.8 Å². The lowest BCUT2D eigenvalue weighted by atomic mass is 9.77. The van der Waals surface area contributed by atoms with E-state index in [1.165, 1.54) is 7.11 Å². The van der Waals surface area contributed by atoms with Crippen LogP contribution in [-0.4, -0.2) is 41.9 Å². The Morgan fingerprint density at radius 1 is 1.09 bits per heavy atom. The van der Waals surface area contributed by atoms with Gasteiger partial charge in [-0.1, -0.05) is 0 Å². The number of aromatic nitrogens is 1. The summed E-state index contributed by atoms with van der Waals surface area (Å²) < 4.78 is 53.4. The molecule has 1 aliphatic heterocycles. The topological polar surface area (TPSA) is 67.2 Å². The van der Waals surface area contributed by atoms with E-state index in [4.69, 9.17) is 9.47 Å². The number of alkyl halides is 3. The molecule has 1 N–H and O–H groups in total. The average molecular weight is 475 g/mol. The van der Waals surface area contributed by atoms with Crippen LogP contribution in [0, 0.1) is 5.92 Å². The second-order valence-electron chi connectivity index (χ2n) is 7.88. The molecule has 2 heterocycles. The third-order valence-electron chi connectivity index (χ3n) is 6.11. The molecule has 2 aliphatic rings. The molecule has 0 bridgehead atoms. The lowest BCUT2D eigenvalue weighted by molar-refractivity contribution is -0.268. The number of thiazole rings is 1. The van der Waals surface area contributed by atoms with Gasteiger partial charge < -0.3 is 14.6 Å². The first-order valence-corrected chi connectivity index (χ1v) is 11.1. The summed E-state index contributed by atoms with van der Waals surface area (Å²) in [5.74, 6) is 0.0514. The van der Waals surface area contributed by atoms with E-state index < -0.39 is 17.8 Å². The van der Waals surface area contributed by atoms with Gasteiger partial charge >= 0.3 is 6.18 Å². The third kappa shape index (κ3) is 3.36. The fourth-order valence-electron chi connectivity index (χ4n) is 4.39. The highest BCUT2D eigenvalue weighted by molar-refractivity contribution is 7.14. The van der Waals surface area contributed by atoms with Crippen LogP contribution in [0.25, 0.3) is 11.3 Å². The Bertz CT molecular complexity index is 1230. The minimum absolute atomic E-state index is 0.0300. The highest BCUT2D eigenvalue weighted by Crippen LogP contribution is 2.51. The normalized spacial score (nSPS) is 21.9. The van der Waals surface area contributed by atoms with E-state index in [0.717, 1.165) is 22.5 Å². The number of benzene rings is 2. The van der Waals surface area contributed by atoms with Crippen LogP contribution in [0.4, 0.5) is 18.3 Å². The van der Waals surface area contributed by atoms with Gasteiger partial charge in [-0.05, 0) is 60.9 Å². The largest absolute Gasteiger partial charge is 0.497 e. The first kappa shape index (κ1) is 21.7. The number of hydrogen-bond donors (Lipinski definition) is 1. The molecular weight excluding hydrogens is 455 g/mol. The SMILES string of the molecule is COc1ccc(-c2csc(N3N=C4c5ccc(OC)cc5CC[C@@H]4[C@]3(O)C(F)(F)F)n2)cc1. The number of nitrogens with zero attached hydrogens (tertiary/aromatic N) is 3. The zero-order valence-electron chi connectivity index (χ0n) is 17.8. The van der Waals surface area contributed by atoms with Gasteiger partial charge in [0.1, 0.15) is 11.5 Å². The molecule has 2 aromatic carbocycles. The average Bonchev–Trinajstić information content (AvgIpc) is 3.42. The molecule has 3 aromatic rings. The first-order chi connectivity index (χ1) is 15.8. The van der Waals surface area contributed by atoms with Gasteiger partial charge in [-0.25, -0.2) is 4.98 Å².